The van der Waals surface area contributed by atoms with Crippen LogP contribution in [-0.2, 0) is 4.74 Å². The first kappa shape index (κ1) is 14.0. The number of amides is 1. The molecule has 3 heteroatoms. The second-order valence-corrected chi connectivity index (χ2v) is 4.94. The molecule has 0 fully saturated rings. The van der Waals surface area contributed by atoms with Crippen molar-refractivity contribution in [1.29, 1.82) is 0 Å². The molecule has 0 radical (unpaired) electrons. The van der Waals surface area contributed by atoms with Crippen molar-refractivity contribution in [2.45, 2.75) is 53.2 Å². The fraction of sp³-hybridized carbons (Fsp3) is 0.750. The quantitative estimate of drug-likeness (QED) is 0.731. The van der Waals surface area contributed by atoms with Crippen molar-refractivity contribution in [3.8, 4) is 0 Å². The molecule has 0 aromatic carbocycles. The number of rotatable bonds is 3. The summed E-state index contributed by atoms with van der Waals surface area (Å²) in [6.07, 6.45) is 3.54. The lowest BCUT2D eigenvalue weighted by molar-refractivity contribution is 0.0504. The third-order valence-electron chi connectivity index (χ3n) is 1.80. The van der Waals surface area contributed by atoms with E-state index in [9.17, 15) is 4.79 Å². The van der Waals surface area contributed by atoms with Gasteiger partial charge < -0.3 is 10.1 Å². The molecule has 1 amide bonds. The van der Waals surface area contributed by atoms with Crippen LogP contribution in [-0.4, -0.2) is 17.7 Å². The van der Waals surface area contributed by atoms with E-state index < -0.39 is 5.60 Å². The van der Waals surface area contributed by atoms with Crippen LogP contribution in [0.2, 0.25) is 0 Å². The maximum atomic E-state index is 11.5. The highest BCUT2D eigenvalue weighted by Gasteiger charge is 2.19. The Bertz CT molecular complexity index is 226. The average molecular weight is 213 g/mol. The van der Waals surface area contributed by atoms with Gasteiger partial charge in [0.15, 0.2) is 0 Å². The second-order valence-electron chi connectivity index (χ2n) is 4.94. The van der Waals surface area contributed by atoms with Crippen LogP contribution in [0.25, 0.3) is 0 Å². The first-order valence-electron chi connectivity index (χ1n) is 5.38. The zero-order valence-electron chi connectivity index (χ0n) is 10.6. The molecule has 88 valence electrons. The highest BCUT2D eigenvalue weighted by atomic mass is 16.6. The molecule has 0 bridgehead atoms. The van der Waals surface area contributed by atoms with Gasteiger partial charge in [0.2, 0.25) is 0 Å². The van der Waals surface area contributed by atoms with Crippen molar-refractivity contribution < 1.29 is 9.53 Å². The number of ether oxygens (including phenoxy) is 1. The second kappa shape index (κ2) is 5.79. The van der Waals surface area contributed by atoms with E-state index in [4.69, 9.17) is 4.74 Å². The molecule has 0 aliphatic rings. The summed E-state index contributed by atoms with van der Waals surface area (Å²) >= 11 is 0. The largest absolute Gasteiger partial charge is 0.444 e. The van der Waals surface area contributed by atoms with E-state index in [1.165, 1.54) is 0 Å². The summed E-state index contributed by atoms with van der Waals surface area (Å²) in [4.78, 5) is 11.5. The van der Waals surface area contributed by atoms with Crippen LogP contribution in [0.1, 0.15) is 41.5 Å². The summed E-state index contributed by atoms with van der Waals surface area (Å²) in [5.41, 5.74) is -0.443. The molecule has 0 aromatic rings. The molecular weight excluding hydrogens is 190 g/mol. The lowest BCUT2D eigenvalue weighted by atomic mass is 10.0. The smallest absolute Gasteiger partial charge is 0.408 e. The topological polar surface area (TPSA) is 38.3 Å². The first-order chi connectivity index (χ1) is 6.76. The van der Waals surface area contributed by atoms with E-state index in [-0.39, 0.29) is 12.1 Å². The molecular formula is C12H23NO2. The van der Waals surface area contributed by atoms with E-state index in [0.29, 0.717) is 5.92 Å². The monoisotopic (exact) mass is 213 g/mol. The van der Waals surface area contributed by atoms with Crippen LogP contribution in [0.5, 0.6) is 0 Å². The molecule has 0 saturated heterocycles. The maximum absolute atomic E-state index is 11.5. The predicted molar refractivity (Wildman–Crippen MR) is 62.8 cm³/mol. The number of hydrogen-bond donors (Lipinski definition) is 1. The Morgan fingerprint density at radius 2 is 1.87 bits per heavy atom. The Labute approximate surface area is 92.9 Å². The van der Waals surface area contributed by atoms with Crippen LogP contribution in [0.3, 0.4) is 0 Å². The number of carbonyl (C=O) groups is 1. The molecule has 0 saturated carbocycles. The van der Waals surface area contributed by atoms with Crippen molar-refractivity contribution in [2.75, 3.05) is 0 Å². The zero-order chi connectivity index (χ0) is 12.1. The predicted octanol–water partition coefficient (Wildman–Crippen LogP) is 3.11. The van der Waals surface area contributed by atoms with E-state index in [0.717, 1.165) is 0 Å². The first-order valence-corrected chi connectivity index (χ1v) is 5.38. The van der Waals surface area contributed by atoms with Gasteiger partial charge in [-0.3, -0.25) is 0 Å². The van der Waals surface area contributed by atoms with Crippen LogP contribution >= 0.6 is 0 Å². The van der Waals surface area contributed by atoms with Gasteiger partial charge in [-0.15, -0.1) is 0 Å². The van der Waals surface area contributed by atoms with Crippen LogP contribution in [0.4, 0.5) is 4.79 Å². The number of allylic oxidation sites excluding steroid dienone is 1. The summed E-state index contributed by atoms with van der Waals surface area (Å²) in [5, 5.41) is 2.83. The third kappa shape index (κ3) is 7.00. The summed E-state index contributed by atoms with van der Waals surface area (Å²) in [5.74, 6) is 0.355. The molecule has 0 aliphatic carbocycles. The Kier molecular flexibility index (Phi) is 5.40. The molecule has 0 rings (SSSR count). The number of alkyl carbamates (subject to hydrolysis) is 1. The molecule has 1 N–H and O–H groups in total. The standard InChI is InChI=1S/C12H23NO2/c1-7-8-10(9(2)3)13-11(14)15-12(4,5)6/h7-10H,1-6H3,(H,13,14)/b8-7+. The fourth-order valence-electron chi connectivity index (χ4n) is 1.09. The molecule has 0 aromatic heterocycles. The summed E-state index contributed by atoms with van der Waals surface area (Å²) < 4.78 is 5.18. The van der Waals surface area contributed by atoms with E-state index in [1.54, 1.807) is 0 Å². The normalized spacial score (nSPS) is 14.3. The van der Waals surface area contributed by atoms with Crippen molar-refractivity contribution in [3.63, 3.8) is 0 Å². The number of nitrogens with one attached hydrogen (secondary N) is 1. The SMILES string of the molecule is C/C=C/C(NC(=O)OC(C)(C)C)C(C)C. The zero-order valence-corrected chi connectivity index (χ0v) is 10.6. The molecule has 3 nitrogen and oxygen atoms in total. The summed E-state index contributed by atoms with van der Waals surface area (Å²) in [6.45, 7) is 11.6. The van der Waals surface area contributed by atoms with Gasteiger partial charge in [0.1, 0.15) is 5.60 Å². The minimum absolute atomic E-state index is 0.0323. The minimum Gasteiger partial charge on any atom is -0.444 e. The molecule has 1 unspecified atom stereocenters. The molecule has 1 atom stereocenters. The highest BCUT2D eigenvalue weighted by molar-refractivity contribution is 5.68. The lowest BCUT2D eigenvalue weighted by Gasteiger charge is -2.23. The van der Waals surface area contributed by atoms with Gasteiger partial charge in [0.05, 0.1) is 6.04 Å². The van der Waals surface area contributed by atoms with E-state index in [1.807, 2.05) is 39.8 Å². The highest BCUT2D eigenvalue weighted by Crippen LogP contribution is 2.09. The van der Waals surface area contributed by atoms with Gasteiger partial charge in [-0.1, -0.05) is 26.0 Å². The van der Waals surface area contributed by atoms with Crippen LogP contribution < -0.4 is 5.32 Å². The Morgan fingerprint density at radius 3 is 2.20 bits per heavy atom. The summed E-state index contributed by atoms with van der Waals surface area (Å²) in [6, 6.07) is 0.0323. The minimum atomic E-state index is -0.443. The third-order valence-corrected chi connectivity index (χ3v) is 1.80. The summed E-state index contributed by atoms with van der Waals surface area (Å²) in [7, 11) is 0. The van der Waals surface area contributed by atoms with Gasteiger partial charge in [-0.25, -0.2) is 4.79 Å². The van der Waals surface area contributed by atoms with Gasteiger partial charge >= 0.3 is 6.09 Å². The Balaban J connectivity index is 4.24. The van der Waals surface area contributed by atoms with Gasteiger partial charge in [0, 0.05) is 0 Å². The molecule has 0 aliphatic heterocycles. The Morgan fingerprint density at radius 1 is 1.33 bits per heavy atom. The van der Waals surface area contributed by atoms with Crippen molar-refractivity contribution in [1.82, 2.24) is 5.32 Å². The van der Waals surface area contributed by atoms with Gasteiger partial charge in [0.25, 0.3) is 0 Å². The van der Waals surface area contributed by atoms with Crippen molar-refractivity contribution >= 4 is 6.09 Å². The van der Waals surface area contributed by atoms with Crippen molar-refractivity contribution in [2.24, 2.45) is 5.92 Å². The van der Waals surface area contributed by atoms with Crippen LogP contribution in [0, 0.1) is 5.92 Å². The molecule has 15 heavy (non-hydrogen) atoms. The van der Waals surface area contributed by atoms with Gasteiger partial charge in [-0.05, 0) is 33.6 Å². The number of carbonyl (C=O) groups excluding carboxylic acids is 1. The maximum Gasteiger partial charge on any atom is 0.408 e. The molecule has 0 heterocycles. The van der Waals surface area contributed by atoms with Gasteiger partial charge in [-0.2, -0.15) is 0 Å². The lowest BCUT2D eigenvalue weighted by Crippen LogP contribution is -2.40. The van der Waals surface area contributed by atoms with Crippen molar-refractivity contribution in [3.05, 3.63) is 12.2 Å². The van der Waals surface area contributed by atoms with Crippen LogP contribution in [0.15, 0.2) is 12.2 Å². The molecule has 0 spiro atoms. The average Bonchev–Trinajstić information content (AvgIpc) is 1.99. The Hall–Kier alpha value is -0.990. The number of hydrogen-bond acceptors (Lipinski definition) is 2. The van der Waals surface area contributed by atoms with E-state index >= 15 is 0 Å². The fourth-order valence-corrected chi connectivity index (χ4v) is 1.09. The van der Waals surface area contributed by atoms with E-state index in [2.05, 4.69) is 19.2 Å².